The van der Waals surface area contributed by atoms with E-state index in [4.69, 9.17) is 10.5 Å². The number of nitrogens with two attached hydrogens (primary N) is 1. The van der Waals surface area contributed by atoms with E-state index in [0.29, 0.717) is 64.6 Å². The van der Waals surface area contributed by atoms with E-state index in [-0.39, 0.29) is 12.0 Å². The molecule has 0 saturated carbocycles. The molecule has 0 unspecified atom stereocenters. The van der Waals surface area contributed by atoms with E-state index in [1.807, 2.05) is 42.7 Å². The lowest BCUT2D eigenvalue weighted by Gasteiger charge is -2.36. The van der Waals surface area contributed by atoms with E-state index in [0.717, 1.165) is 0 Å². The van der Waals surface area contributed by atoms with E-state index in [1.165, 1.54) is 11.1 Å². The summed E-state index contributed by atoms with van der Waals surface area (Å²) in [4.78, 5) is 34.6. The number of amides is 2. The Bertz CT molecular complexity index is 769. The van der Waals surface area contributed by atoms with Gasteiger partial charge in [0, 0.05) is 52.2 Å². The Kier molecular flexibility index (Phi) is 6.84. The monoisotopic (exact) mass is 415 g/mol. The zero-order valence-corrected chi connectivity index (χ0v) is 18.3. The second-order valence-electron chi connectivity index (χ2n) is 8.82. The first-order valence-electron chi connectivity index (χ1n) is 10.6. The van der Waals surface area contributed by atoms with Crippen molar-refractivity contribution in [1.29, 1.82) is 0 Å². The normalized spacial score (nSPS) is 17.2. The summed E-state index contributed by atoms with van der Waals surface area (Å²) < 4.78 is 5.41. The molecule has 0 spiro atoms. The summed E-state index contributed by atoms with van der Waals surface area (Å²) >= 11 is 0. The number of hydrogen-bond acceptors (Lipinski definition) is 4. The number of hydrogen-bond donors (Lipinski definition) is 1. The molecule has 8 heteroatoms. The van der Waals surface area contributed by atoms with Crippen molar-refractivity contribution in [2.24, 2.45) is 10.7 Å². The Hall–Kier alpha value is -2.77. The Balaban J connectivity index is 1.36. The van der Waals surface area contributed by atoms with Crippen LogP contribution in [0.1, 0.15) is 44.7 Å². The van der Waals surface area contributed by atoms with Crippen LogP contribution in [-0.2, 0) is 22.6 Å². The smallest absolute Gasteiger partial charge is 0.410 e. The number of fused-ring (bicyclic) bond motifs is 1. The maximum atomic E-state index is 12.4. The van der Waals surface area contributed by atoms with Crippen LogP contribution < -0.4 is 5.73 Å². The van der Waals surface area contributed by atoms with Gasteiger partial charge in [0.15, 0.2) is 5.96 Å². The summed E-state index contributed by atoms with van der Waals surface area (Å²) in [5.41, 5.74) is 8.09. The predicted molar refractivity (Wildman–Crippen MR) is 116 cm³/mol. The second kappa shape index (κ2) is 9.36. The van der Waals surface area contributed by atoms with Gasteiger partial charge in [-0.15, -0.1) is 0 Å². The van der Waals surface area contributed by atoms with Crippen LogP contribution in [-0.4, -0.2) is 71.0 Å². The van der Waals surface area contributed by atoms with Crippen LogP contribution >= 0.6 is 0 Å². The van der Waals surface area contributed by atoms with Crippen LogP contribution in [0.5, 0.6) is 0 Å². The fraction of sp³-hybridized carbons (Fsp3) is 0.591. The van der Waals surface area contributed by atoms with Gasteiger partial charge in [-0.3, -0.25) is 9.79 Å². The zero-order chi connectivity index (χ0) is 21.7. The molecule has 1 aromatic carbocycles. The molecule has 2 aliphatic rings. The van der Waals surface area contributed by atoms with Gasteiger partial charge in [0.1, 0.15) is 5.60 Å². The van der Waals surface area contributed by atoms with Crippen molar-refractivity contribution in [1.82, 2.24) is 14.7 Å². The molecule has 2 N–H and O–H groups in total. The molecular weight excluding hydrogens is 382 g/mol. The van der Waals surface area contributed by atoms with Gasteiger partial charge in [0.25, 0.3) is 0 Å². The van der Waals surface area contributed by atoms with Gasteiger partial charge in [-0.2, -0.15) is 0 Å². The molecule has 1 aromatic rings. The topological polar surface area (TPSA) is 91.5 Å². The molecule has 0 atom stereocenters. The van der Waals surface area contributed by atoms with Gasteiger partial charge < -0.3 is 25.2 Å². The lowest BCUT2D eigenvalue weighted by Crippen LogP contribution is -2.53. The minimum Gasteiger partial charge on any atom is -0.444 e. The quantitative estimate of drug-likeness (QED) is 0.462. The molecule has 0 aromatic heterocycles. The van der Waals surface area contributed by atoms with Crippen molar-refractivity contribution in [3.05, 3.63) is 35.4 Å². The molecule has 2 aliphatic heterocycles. The van der Waals surface area contributed by atoms with E-state index >= 15 is 0 Å². The molecule has 0 radical (unpaired) electrons. The number of ether oxygens (including phenoxy) is 1. The first-order chi connectivity index (χ1) is 14.2. The molecular formula is C22H33N5O3. The number of rotatable bonds is 4. The van der Waals surface area contributed by atoms with Gasteiger partial charge >= 0.3 is 6.09 Å². The van der Waals surface area contributed by atoms with Crippen molar-refractivity contribution in [2.75, 3.05) is 32.7 Å². The summed E-state index contributed by atoms with van der Waals surface area (Å²) in [7, 11) is 0. The number of guanidine groups is 1. The number of aliphatic imine (C=N–C) groups is 1. The molecule has 3 rings (SSSR count). The molecule has 1 saturated heterocycles. The second-order valence-corrected chi connectivity index (χ2v) is 8.82. The van der Waals surface area contributed by atoms with Gasteiger partial charge in [-0.1, -0.05) is 24.3 Å². The van der Waals surface area contributed by atoms with E-state index in [9.17, 15) is 9.59 Å². The van der Waals surface area contributed by atoms with Crippen LogP contribution in [0.4, 0.5) is 4.79 Å². The molecule has 2 heterocycles. The predicted octanol–water partition coefficient (Wildman–Crippen LogP) is 2.18. The fourth-order valence-electron chi connectivity index (χ4n) is 3.64. The zero-order valence-electron chi connectivity index (χ0n) is 18.3. The van der Waals surface area contributed by atoms with Crippen LogP contribution in [0.2, 0.25) is 0 Å². The number of carbonyl (C=O) groups is 2. The highest BCUT2D eigenvalue weighted by Gasteiger charge is 2.26. The Morgan fingerprint density at radius 1 is 1.00 bits per heavy atom. The number of nitrogens with zero attached hydrogens (tertiary/aromatic N) is 4. The first-order valence-corrected chi connectivity index (χ1v) is 10.6. The maximum Gasteiger partial charge on any atom is 0.410 e. The summed E-state index contributed by atoms with van der Waals surface area (Å²) in [6.07, 6.45) is 0.849. The Labute approximate surface area is 178 Å². The molecule has 1 fully saturated rings. The standard InChI is InChI=1S/C22H33N5O3/c1-22(2,3)30-21(29)26-13-11-25(12-14-26)20(23)24-10-6-9-19(28)27-15-17-7-4-5-8-18(17)16-27/h4-5,7-8H,6,9-16H2,1-3H3,(H2,23,24). The largest absolute Gasteiger partial charge is 0.444 e. The average Bonchev–Trinajstić information content (AvgIpc) is 3.14. The third-order valence-corrected chi connectivity index (χ3v) is 5.27. The van der Waals surface area contributed by atoms with Crippen molar-refractivity contribution in [3.8, 4) is 0 Å². The van der Waals surface area contributed by atoms with Crippen molar-refractivity contribution in [3.63, 3.8) is 0 Å². The van der Waals surface area contributed by atoms with Crippen molar-refractivity contribution < 1.29 is 14.3 Å². The average molecular weight is 416 g/mol. The summed E-state index contributed by atoms with van der Waals surface area (Å²) in [6.45, 7) is 9.85. The van der Waals surface area contributed by atoms with Crippen LogP contribution in [0, 0.1) is 0 Å². The highest BCUT2D eigenvalue weighted by molar-refractivity contribution is 5.79. The van der Waals surface area contributed by atoms with Crippen molar-refractivity contribution in [2.45, 2.75) is 52.3 Å². The van der Waals surface area contributed by atoms with Gasteiger partial charge in [0.05, 0.1) is 0 Å². The van der Waals surface area contributed by atoms with E-state index in [2.05, 4.69) is 17.1 Å². The Morgan fingerprint density at radius 3 is 2.13 bits per heavy atom. The lowest BCUT2D eigenvalue weighted by molar-refractivity contribution is -0.131. The van der Waals surface area contributed by atoms with E-state index in [1.54, 1.807) is 4.90 Å². The van der Waals surface area contributed by atoms with Crippen LogP contribution in [0.15, 0.2) is 29.3 Å². The first kappa shape index (κ1) is 21.9. The molecule has 0 bridgehead atoms. The third kappa shape index (κ3) is 5.87. The fourth-order valence-corrected chi connectivity index (χ4v) is 3.64. The SMILES string of the molecule is CC(C)(C)OC(=O)N1CCN(C(N)=NCCCC(=O)N2Cc3ccccc3C2)CC1. The molecule has 8 nitrogen and oxygen atoms in total. The van der Waals surface area contributed by atoms with Gasteiger partial charge in [-0.05, 0) is 38.3 Å². The molecule has 2 amide bonds. The summed E-state index contributed by atoms with van der Waals surface area (Å²) in [6, 6.07) is 8.18. The summed E-state index contributed by atoms with van der Waals surface area (Å²) in [5, 5.41) is 0. The molecule has 164 valence electrons. The number of piperazine rings is 1. The lowest BCUT2D eigenvalue weighted by atomic mass is 10.1. The minimum absolute atomic E-state index is 0.158. The van der Waals surface area contributed by atoms with Crippen LogP contribution in [0.25, 0.3) is 0 Å². The van der Waals surface area contributed by atoms with Gasteiger partial charge in [-0.25, -0.2) is 4.79 Å². The molecule has 30 heavy (non-hydrogen) atoms. The van der Waals surface area contributed by atoms with Crippen LogP contribution in [0.3, 0.4) is 0 Å². The maximum absolute atomic E-state index is 12.4. The van der Waals surface area contributed by atoms with E-state index < -0.39 is 5.60 Å². The number of carbonyl (C=O) groups excluding carboxylic acids is 2. The molecule has 0 aliphatic carbocycles. The third-order valence-electron chi connectivity index (χ3n) is 5.27. The Morgan fingerprint density at radius 2 is 1.57 bits per heavy atom. The number of benzene rings is 1. The highest BCUT2D eigenvalue weighted by atomic mass is 16.6. The summed E-state index contributed by atoms with van der Waals surface area (Å²) in [5.74, 6) is 0.630. The highest BCUT2D eigenvalue weighted by Crippen LogP contribution is 2.23. The van der Waals surface area contributed by atoms with Gasteiger partial charge in [0.2, 0.25) is 5.91 Å². The minimum atomic E-state index is -0.496. The van der Waals surface area contributed by atoms with Crippen molar-refractivity contribution >= 4 is 18.0 Å².